The molecular formula is C23H25N5OS. The van der Waals surface area contributed by atoms with E-state index in [1.54, 1.807) is 18.2 Å². The second-order valence-corrected chi connectivity index (χ2v) is 8.07. The van der Waals surface area contributed by atoms with E-state index in [0.717, 1.165) is 25.2 Å². The van der Waals surface area contributed by atoms with Gasteiger partial charge in [-0.1, -0.05) is 36.8 Å². The summed E-state index contributed by atoms with van der Waals surface area (Å²) in [5, 5.41) is 28.4. The van der Waals surface area contributed by atoms with E-state index in [2.05, 4.69) is 21.2 Å². The van der Waals surface area contributed by atoms with Gasteiger partial charge in [0.1, 0.15) is 5.75 Å². The Bertz CT molecular complexity index is 1050. The van der Waals surface area contributed by atoms with Crippen LogP contribution in [-0.4, -0.2) is 44.4 Å². The van der Waals surface area contributed by atoms with Crippen molar-refractivity contribution in [3.8, 4) is 23.2 Å². The summed E-state index contributed by atoms with van der Waals surface area (Å²) in [7, 11) is 0. The second-order valence-electron chi connectivity index (χ2n) is 7.55. The van der Waals surface area contributed by atoms with E-state index >= 15 is 0 Å². The first-order valence-corrected chi connectivity index (χ1v) is 10.8. The fourth-order valence-corrected chi connectivity index (χ4v) is 4.42. The Morgan fingerprint density at radius 1 is 1.00 bits per heavy atom. The smallest absolute Gasteiger partial charge is 0.167 e. The molecule has 0 radical (unpaired) electrons. The van der Waals surface area contributed by atoms with Crippen molar-refractivity contribution in [3.05, 3.63) is 65.5 Å². The van der Waals surface area contributed by atoms with Crippen LogP contribution in [0.3, 0.4) is 0 Å². The molecule has 1 aliphatic heterocycles. The molecule has 0 spiro atoms. The zero-order valence-corrected chi connectivity index (χ0v) is 17.7. The molecule has 1 aromatic heterocycles. The highest BCUT2D eigenvalue weighted by molar-refractivity contribution is 7.80. The number of hydrogen-bond donors (Lipinski definition) is 2. The number of phenols is 1. The van der Waals surface area contributed by atoms with Crippen LogP contribution >= 0.6 is 12.6 Å². The second kappa shape index (κ2) is 9.33. The number of likely N-dealkylation sites (tertiary alicyclic amines) is 1. The molecule has 4 rings (SSSR count). The third-order valence-corrected chi connectivity index (χ3v) is 6.14. The predicted octanol–water partition coefficient (Wildman–Crippen LogP) is 4.03. The number of nitrogens with zero attached hydrogens (tertiary/aromatic N) is 5. The molecule has 0 amide bonds. The van der Waals surface area contributed by atoms with Crippen molar-refractivity contribution < 1.29 is 5.11 Å². The number of thiol groups is 1. The largest absolute Gasteiger partial charge is 0.507 e. The number of hydrogen-bond acceptors (Lipinski definition) is 6. The average molecular weight is 420 g/mol. The molecule has 3 aromatic rings. The molecule has 6 nitrogen and oxygen atoms in total. The molecule has 154 valence electrons. The van der Waals surface area contributed by atoms with Crippen molar-refractivity contribution in [3.63, 3.8) is 0 Å². The van der Waals surface area contributed by atoms with Gasteiger partial charge in [-0.25, -0.2) is 0 Å². The SMILES string of the molecule is N#Cc1ccccc1C(S)c1nnc(-c2ccccc2O)n1CCN1CCCCC1. The van der Waals surface area contributed by atoms with Crippen LogP contribution in [0, 0.1) is 11.3 Å². The van der Waals surface area contributed by atoms with E-state index in [1.165, 1.54) is 19.3 Å². The number of para-hydroxylation sites is 1. The quantitative estimate of drug-likeness (QED) is 0.590. The van der Waals surface area contributed by atoms with Gasteiger partial charge < -0.3 is 14.6 Å². The molecule has 1 saturated heterocycles. The average Bonchev–Trinajstić information content (AvgIpc) is 3.21. The van der Waals surface area contributed by atoms with Crippen LogP contribution in [0.5, 0.6) is 5.75 Å². The number of aromatic nitrogens is 3. The summed E-state index contributed by atoms with van der Waals surface area (Å²) in [5.74, 6) is 1.47. The fourth-order valence-electron chi connectivity index (χ4n) is 4.00. The molecule has 1 unspecified atom stereocenters. The molecule has 0 bridgehead atoms. The molecule has 0 saturated carbocycles. The van der Waals surface area contributed by atoms with Crippen molar-refractivity contribution >= 4 is 12.6 Å². The minimum absolute atomic E-state index is 0.170. The Labute approximate surface area is 182 Å². The van der Waals surface area contributed by atoms with Gasteiger partial charge in [0, 0.05) is 13.1 Å². The molecule has 2 aromatic carbocycles. The Morgan fingerprint density at radius 3 is 2.50 bits per heavy atom. The first-order chi connectivity index (χ1) is 14.7. The van der Waals surface area contributed by atoms with Crippen LogP contribution in [0.4, 0.5) is 0 Å². The minimum Gasteiger partial charge on any atom is -0.507 e. The third-order valence-electron chi connectivity index (χ3n) is 5.63. The van der Waals surface area contributed by atoms with Crippen LogP contribution in [0.15, 0.2) is 48.5 Å². The minimum atomic E-state index is -0.394. The van der Waals surface area contributed by atoms with Gasteiger partial charge in [0.25, 0.3) is 0 Å². The molecular weight excluding hydrogens is 394 g/mol. The normalized spacial score (nSPS) is 15.6. The lowest BCUT2D eigenvalue weighted by Gasteiger charge is -2.27. The lowest BCUT2D eigenvalue weighted by Crippen LogP contribution is -2.33. The zero-order chi connectivity index (χ0) is 20.9. The molecule has 1 N–H and O–H groups in total. The monoisotopic (exact) mass is 419 g/mol. The van der Waals surface area contributed by atoms with Crippen LogP contribution in [0.1, 0.15) is 41.5 Å². The highest BCUT2D eigenvalue weighted by Crippen LogP contribution is 2.34. The highest BCUT2D eigenvalue weighted by atomic mass is 32.1. The van der Waals surface area contributed by atoms with Crippen LogP contribution < -0.4 is 0 Å². The maximum atomic E-state index is 10.4. The number of phenolic OH excluding ortho intramolecular Hbond substituents is 1. The Balaban J connectivity index is 1.72. The van der Waals surface area contributed by atoms with Gasteiger partial charge in [0.2, 0.25) is 0 Å². The molecule has 7 heteroatoms. The summed E-state index contributed by atoms with van der Waals surface area (Å²) >= 11 is 4.82. The summed E-state index contributed by atoms with van der Waals surface area (Å²) in [5.41, 5.74) is 2.02. The van der Waals surface area contributed by atoms with Gasteiger partial charge in [-0.2, -0.15) is 17.9 Å². The van der Waals surface area contributed by atoms with Gasteiger partial charge in [0.05, 0.1) is 22.4 Å². The summed E-state index contributed by atoms with van der Waals surface area (Å²) in [6.45, 7) is 3.78. The Kier molecular flexibility index (Phi) is 6.36. The lowest BCUT2D eigenvalue weighted by atomic mass is 10.0. The third kappa shape index (κ3) is 4.20. The Morgan fingerprint density at radius 2 is 1.73 bits per heavy atom. The van der Waals surface area contributed by atoms with Crippen molar-refractivity contribution in [1.82, 2.24) is 19.7 Å². The standard InChI is InChI=1S/C23H25N5OS/c24-16-17-8-2-3-9-18(17)21(30)23-26-25-22(19-10-4-5-11-20(19)29)28(23)15-14-27-12-6-1-7-13-27/h2-5,8-11,21,29-30H,1,6-7,12-15H2. The van der Waals surface area contributed by atoms with Gasteiger partial charge in [-0.3, -0.25) is 0 Å². The molecule has 1 aliphatic rings. The van der Waals surface area contributed by atoms with Crippen molar-refractivity contribution in [1.29, 1.82) is 5.26 Å². The van der Waals surface area contributed by atoms with Gasteiger partial charge in [-0.15, -0.1) is 10.2 Å². The van der Waals surface area contributed by atoms with E-state index in [0.29, 0.717) is 29.3 Å². The topological polar surface area (TPSA) is 78.0 Å². The summed E-state index contributed by atoms with van der Waals surface area (Å²) in [6, 6.07) is 16.8. The Hall–Kier alpha value is -2.82. The van der Waals surface area contributed by atoms with Crippen LogP contribution in [0.2, 0.25) is 0 Å². The number of nitriles is 1. The zero-order valence-electron chi connectivity index (χ0n) is 16.8. The predicted molar refractivity (Wildman–Crippen MR) is 119 cm³/mol. The maximum absolute atomic E-state index is 10.4. The molecule has 1 atom stereocenters. The van der Waals surface area contributed by atoms with Crippen LogP contribution in [-0.2, 0) is 6.54 Å². The fraction of sp³-hybridized carbons (Fsp3) is 0.348. The van der Waals surface area contributed by atoms with Gasteiger partial charge in [0.15, 0.2) is 11.6 Å². The number of aromatic hydroxyl groups is 1. The number of rotatable bonds is 6. The molecule has 0 aliphatic carbocycles. The van der Waals surface area contributed by atoms with E-state index < -0.39 is 5.25 Å². The van der Waals surface area contributed by atoms with Crippen molar-refractivity contribution in [2.75, 3.05) is 19.6 Å². The van der Waals surface area contributed by atoms with E-state index in [-0.39, 0.29) is 5.75 Å². The van der Waals surface area contributed by atoms with Crippen molar-refractivity contribution in [2.45, 2.75) is 31.1 Å². The van der Waals surface area contributed by atoms with E-state index in [4.69, 9.17) is 12.6 Å². The summed E-state index contributed by atoms with van der Waals surface area (Å²) < 4.78 is 2.04. The van der Waals surface area contributed by atoms with Gasteiger partial charge >= 0.3 is 0 Å². The molecule has 1 fully saturated rings. The first-order valence-electron chi connectivity index (χ1n) is 10.3. The van der Waals surface area contributed by atoms with Crippen molar-refractivity contribution in [2.24, 2.45) is 0 Å². The number of piperidine rings is 1. The first kappa shape index (κ1) is 20.5. The number of benzene rings is 2. The van der Waals surface area contributed by atoms with Gasteiger partial charge in [-0.05, 0) is 49.7 Å². The molecule has 30 heavy (non-hydrogen) atoms. The van der Waals surface area contributed by atoms with E-state index in [9.17, 15) is 10.4 Å². The molecule has 2 heterocycles. The van der Waals surface area contributed by atoms with Crippen LogP contribution in [0.25, 0.3) is 11.4 Å². The highest BCUT2D eigenvalue weighted by Gasteiger charge is 2.24. The van der Waals surface area contributed by atoms with E-state index in [1.807, 2.05) is 34.9 Å². The summed E-state index contributed by atoms with van der Waals surface area (Å²) in [4.78, 5) is 2.46. The maximum Gasteiger partial charge on any atom is 0.167 e. The lowest BCUT2D eigenvalue weighted by molar-refractivity contribution is 0.220. The summed E-state index contributed by atoms with van der Waals surface area (Å²) in [6.07, 6.45) is 3.75.